The van der Waals surface area contributed by atoms with Crippen LogP contribution in [0.1, 0.15) is 6.92 Å². The number of hydrogen-bond acceptors (Lipinski definition) is 2. The van der Waals surface area contributed by atoms with Gasteiger partial charge in [0.05, 0.1) is 32.3 Å². The van der Waals surface area contributed by atoms with Crippen molar-refractivity contribution in [3.63, 3.8) is 0 Å². The zero-order chi connectivity index (χ0) is 13.0. The Labute approximate surface area is 130 Å². The molecule has 1 saturated carbocycles. The summed E-state index contributed by atoms with van der Waals surface area (Å²) in [6.07, 6.45) is 0. The van der Waals surface area contributed by atoms with Crippen molar-refractivity contribution < 1.29 is 9.90 Å². The molecule has 0 bridgehead atoms. The van der Waals surface area contributed by atoms with Crippen molar-refractivity contribution in [1.82, 2.24) is 6.15 Å². The summed E-state index contributed by atoms with van der Waals surface area (Å²) in [5.74, 6) is -0.833. The van der Waals surface area contributed by atoms with Gasteiger partial charge in [0.1, 0.15) is 0 Å². The van der Waals surface area contributed by atoms with Crippen molar-refractivity contribution in [2.75, 3.05) is 0 Å². The second kappa shape index (κ2) is 9.13. The monoisotopic (exact) mass is 365 g/mol. The summed E-state index contributed by atoms with van der Waals surface area (Å²) in [6.45, 7) is 1.08. The van der Waals surface area contributed by atoms with Crippen LogP contribution in [0.25, 0.3) is 0 Å². The lowest BCUT2D eigenvalue weighted by Gasteiger charge is -2.37. The van der Waals surface area contributed by atoms with Crippen LogP contribution in [0.5, 0.6) is 0 Å². The summed E-state index contributed by atoms with van der Waals surface area (Å²) in [6, 6.07) is 0. The molecule has 3 nitrogen and oxygen atoms in total. The zero-order valence-corrected chi connectivity index (χ0v) is 13.3. The summed E-state index contributed by atoms with van der Waals surface area (Å²) in [7, 11) is 0. The van der Waals surface area contributed by atoms with Gasteiger partial charge in [0, 0.05) is 6.92 Å². The molecule has 1 fully saturated rings. The predicted octanol–water partition coefficient (Wildman–Crippen LogP) is 3.90. The molecule has 0 aliphatic heterocycles. The van der Waals surface area contributed by atoms with E-state index in [2.05, 4.69) is 0 Å². The van der Waals surface area contributed by atoms with Gasteiger partial charge in [-0.15, -0.1) is 69.6 Å². The average Bonchev–Trinajstić information content (AvgIpc) is 2.20. The highest BCUT2D eigenvalue weighted by Gasteiger charge is 2.46. The predicted molar refractivity (Wildman–Crippen MR) is 76.2 cm³/mol. The van der Waals surface area contributed by atoms with E-state index in [0.29, 0.717) is 0 Å². The average molecular weight is 368 g/mol. The minimum Gasteiger partial charge on any atom is -0.481 e. The van der Waals surface area contributed by atoms with Crippen LogP contribution in [0.15, 0.2) is 0 Å². The first-order chi connectivity index (χ1) is 7.20. The van der Waals surface area contributed by atoms with Crippen LogP contribution in [0, 0.1) is 0 Å². The lowest BCUT2D eigenvalue weighted by molar-refractivity contribution is -0.134. The summed E-state index contributed by atoms with van der Waals surface area (Å²) in [5.41, 5.74) is 0. The Bertz CT molecular complexity index is 182. The Morgan fingerprint density at radius 2 is 0.824 bits per heavy atom. The first-order valence-corrected chi connectivity index (χ1v) is 6.86. The molecule has 0 aromatic carbocycles. The smallest absolute Gasteiger partial charge is 0.300 e. The SMILES string of the molecule is CC(=O)O.Cl[C@H]1[C@H](Cl)[C@@H](Cl)[C@@H](Cl)[C@H](Cl)[C@H]1Cl.N. The van der Waals surface area contributed by atoms with Gasteiger partial charge in [-0.25, -0.2) is 0 Å². The molecule has 0 heterocycles. The van der Waals surface area contributed by atoms with Crippen LogP contribution in [-0.2, 0) is 4.79 Å². The van der Waals surface area contributed by atoms with Gasteiger partial charge in [-0.1, -0.05) is 0 Å². The molecule has 104 valence electrons. The summed E-state index contributed by atoms with van der Waals surface area (Å²) in [4.78, 5) is 9.00. The summed E-state index contributed by atoms with van der Waals surface area (Å²) >= 11 is 35.3. The van der Waals surface area contributed by atoms with E-state index in [0.717, 1.165) is 6.92 Å². The molecule has 1 aliphatic carbocycles. The molecule has 0 amide bonds. The second-order valence-electron chi connectivity index (χ2n) is 3.19. The van der Waals surface area contributed by atoms with E-state index in [4.69, 9.17) is 79.5 Å². The van der Waals surface area contributed by atoms with Crippen LogP contribution in [-0.4, -0.2) is 43.3 Å². The van der Waals surface area contributed by atoms with Gasteiger partial charge in [-0.2, -0.15) is 0 Å². The summed E-state index contributed by atoms with van der Waals surface area (Å²) in [5, 5.41) is 4.80. The maximum Gasteiger partial charge on any atom is 0.300 e. The van der Waals surface area contributed by atoms with E-state index in [1.165, 1.54) is 0 Å². The molecule has 9 heteroatoms. The number of carboxylic acids is 1. The highest BCUT2D eigenvalue weighted by Crippen LogP contribution is 2.39. The maximum atomic E-state index is 9.00. The third-order valence-electron chi connectivity index (χ3n) is 1.83. The number of aliphatic carboxylic acids is 1. The molecule has 17 heavy (non-hydrogen) atoms. The molecule has 0 atom stereocenters. The van der Waals surface area contributed by atoms with Crippen LogP contribution >= 0.6 is 69.6 Å². The molecule has 1 rings (SSSR count). The van der Waals surface area contributed by atoms with Gasteiger partial charge in [-0.05, 0) is 0 Å². The van der Waals surface area contributed by atoms with Crippen molar-refractivity contribution in [2.45, 2.75) is 39.2 Å². The van der Waals surface area contributed by atoms with Crippen molar-refractivity contribution >= 4 is 75.6 Å². The van der Waals surface area contributed by atoms with Crippen molar-refractivity contribution in [1.29, 1.82) is 0 Å². The van der Waals surface area contributed by atoms with Gasteiger partial charge in [0.25, 0.3) is 5.97 Å². The number of hydrogen-bond donors (Lipinski definition) is 2. The van der Waals surface area contributed by atoms with E-state index in [1.807, 2.05) is 0 Å². The van der Waals surface area contributed by atoms with Gasteiger partial charge in [-0.3, -0.25) is 4.79 Å². The number of rotatable bonds is 0. The molecule has 0 spiro atoms. The fourth-order valence-corrected chi connectivity index (χ4v) is 3.38. The highest BCUT2D eigenvalue weighted by molar-refractivity contribution is 6.45. The minimum absolute atomic E-state index is 0. The molecular formula is C8H13Cl6NO2. The van der Waals surface area contributed by atoms with Crippen molar-refractivity contribution in [3.8, 4) is 0 Å². The van der Waals surface area contributed by atoms with Crippen LogP contribution in [0.3, 0.4) is 0 Å². The lowest BCUT2D eigenvalue weighted by atomic mass is 9.97. The van der Waals surface area contributed by atoms with Gasteiger partial charge < -0.3 is 11.3 Å². The third kappa shape index (κ3) is 6.24. The Kier molecular flexibility index (Phi) is 11.0. The van der Waals surface area contributed by atoms with E-state index >= 15 is 0 Å². The first kappa shape index (κ1) is 20.5. The molecular weight excluding hydrogens is 355 g/mol. The van der Waals surface area contributed by atoms with Crippen LogP contribution in [0.2, 0.25) is 0 Å². The topological polar surface area (TPSA) is 72.3 Å². The van der Waals surface area contributed by atoms with Gasteiger partial charge >= 0.3 is 0 Å². The normalized spacial score (nSPS) is 40.6. The van der Waals surface area contributed by atoms with Crippen LogP contribution < -0.4 is 6.15 Å². The third-order valence-corrected chi connectivity index (χ3v) is 5.86. The largest absolute Gasteiger partial charge is 0.481 e. The number of carbonyl (C=O) groups is 1. The molecule has 0 radical (unpaired) electrons. The second-order valence-corrected chi connectivity index (χ2v) is 6.21. The van der Waals surface area contributed by atoms with Gasteiger partial charge in [0.15, 0.2) is 0 Å². The molecule has 0 unspecified atom stereocenters. The quantitative estimate of drug-likeness (QED) is 0.638. The number of halogens is 6. The first-order valence-electron chi connectivity index (χ1n) is 4.24. The maximum absolute atomic E-state index is 9.00. The van der Waals surface area contributed by atoms with Crippen LogP contribution in [0.4, 0.5) is 0 Å². The minimum atomic E-state index is -0.833. The lowest BCUT2D eigenvalue weighted by Crippen LogP contribution is -2.52. The fourth-order valence-electron chi connectivity index (χ4n) is 1.05. The van der Waals surface area contributed by atoms with Crippen molar-refractivity contribution in [3.05, 3.63) is 0 Å². The zero-order valence-electron chi connectivity index (χ0n) is 8.79. The van der Waals surface area contributed by atoms with Gasteiger partial charge in [0.2, 0.25) is 0 Å². The Balaban J connectivity index is 0. The molecule has 4 N–H and O–H groups in total. The number of alkyl halides is 6. The van der Waals surface area contributed by atoms with E-state index < -0.39 is 38.2 Å². The molecule has 1 aliphatic rings. The van der Waals surface area contributed by atoms with Crippen molar-refractivity contribution in [2.24, 2.45) is 0 Å². The Morgan fingerprint density at radius 3 is 0.882 bits per heavy atom. The fraction of sp³-hybridized carbons (Fsp3) is 0.875. The molecule has 0 aromatic heterocycles. The van der Waals surface area contributed by atoms with E-state index in [-0.39, 0.29) is 6.15 Å². The van der Waals surface area contributed by atoms with E-state index in [9.17, 15) is 0 Å². The van der Waals surface area contributed by atoms with E-state index in [1.54, 1.807) is 0 Å². The molecule has 0 saturated heterocycles. The standard InChI is InChI=1S/C6H6Cl6.C2H4O2.H3N/c7-1-2(8)4(10)6(12)5(11)3(1)9;1-2(3)4;/h1-6H;1H3,(H,3,4);1H3/t1-,2-,3-,4+,5+,6+;;. The molecule has 0 aromatic rings. The summed E-state index contributed by atoms with van der Waals surface area (Å²) < 4.78 is 0. The Hall–Kier alpha value is 1.17. The Morgan fingerprint density at radius 1 is 0.765 bits per heavy atom. The highest BCUT2D eigenvalue weighted by atomic mass is 35.5. The number of carboxylic acid groups (broad SMARTS) is 1.